The third-order valence-corrected chi connectivity index (χ3v) is 4.47. The first-order chi connectivity index (χ1) is 9.03. The largest absolute Gasteiger partial charge is 0.480 e. The second-order valence-corrected chi connectivity index (χ2v) is 7.41. The number of aliphatic carboxylic acids is 1. The zero-order chi connectivity index (χ0) is 15.6. The summed E-state index contributed by atoms with van der Waals surface area (Å²) in [5, 5.41) is 9.09. The van der Waals surface area contributed by atoms with Crippen molar-refractivity contribution in [3.63, 3.8) is 0 Å². The van der Waals surface area contributed by atoms with Gasteiger partial charge in [0.25, 0.3) is 10.2 Å². The maximum atomic E-state index is 12.2. The number of morpholine rings is 1. The average molecular weight is 327 g/mol. The quantitative estimate of drug-likeness (QED) is 0.742. The molecular formula is C11H19ClN2O5S. The van der Waals surface area contributed by atoms with Crippen LogP contribution in [0.2, 0.25) is 0 Å². The number of carboxylic acids is 1. The molecule has 1 aliphatic rings. The van der Waals surface area contributed by atoms with E-state index in [2.05, 4.69) is 11.3 Å². The summed E-state index contributed by atoms with van der Waals surface area (Å²) < 4.78 is 33.1. The van der Waals surface area contributed by atoms with E-state index in [1.54, 1.807) is 13.8 Å². The molecule has 0 amide bonds. The average Bonchev–Trinajstić information content (AvgIpc) is 2.25. The van der Waals surface area contributed by atoms with E-state index < -0.39 is 27.8 Å². The number of nitrogens with zero attached hydrogens (tertiary/aromatic N) is 1. The molecule has 0 aromatic heterocycles. The molecule has 116 valence electrons. The van der Waals surface area contributed by atoms with Crippen LogP contribution in [0, 0.1) is 0 Å². The predicted octanol–water partition coefficient (Wildman–Crippen LogP) is 0.527. The molecule has 1 rings (SSSR count). The highest BCUT2D eigenvalue weighted by Gasteiger charge is 2.36. The number of carbonyl (C=O) groups is 1. The first kappa shape index (κ1) is 17.4. The second-order valence-electron chi connectivity index (χ2n) is 5.18. The van der Waals surface area contributed by atoms with Gasteiger partial charge in [-0.05, 0) is 13.8 Å². The van der Waals surface area contributed by atoms with Crippen molar-refractivity contribution in [3.05, 3.63) is 11.6 Å². The zero-order valence-electron chi connectivity index (χ0n) is 11.4. The number of nitrogens with one attached hydrogen (secondary N) is 1. The van der Waals surface area contributed by atoms with Gasteiger partial charge >= 0.3 is 5.97 Å². The van der Waals surface area contributed by atoms with Gasteiger partial charge in [0.2, 0.25) is 0 Å². The summed E-state index contributed by atoms with van der Waals surface area (Å²) in [5.74, 6) is -1.30. The molecular weight excluding hydrogens is 308 g/mol. The Balaban J connectivity index is 2.82. The SMILES string of the molecule is C=C(Cl)CC(NS(=O)(=O)N1CCOC(C)(C)C1)C(=O)O. The van der Waals surface area contributed by atoms with Gasteiger partial charge in [0.1, 0.15) is 6.04 Å². The first-order valence-electron chi connectivity index (χ1n) is 6.01. The first-order valence-corrected chi connectivity index (χ1v) is 7.83. The van der Waals surface area contributed by atoms with E-state index >= 15 is 0 Å². The van der Waals surface area contributed by atoms with E-state index in [1.165, 1.54) is 4.31 Å². The topological polar surface area (TPSA) is 95.9 Å². The molecule has 0 aromatic carbocycles. The lowest BCUT2D eigenvalue weighted by Crippen LogP contribution is -2.56. The van der Waals surface area contributed by atoms with Crippen molar-refractivity contribution >= 4 is 27.8 Å². The van der Waals surface area contributed by atoms with E-state index in [1.807, 2.05) is 0 Å². The molecule has 1 unspecified atom stereocenters. The van der Waals surface area contributed by atoms with Gasteiger partial charge in [0, 0.05) is 24.5 Å². The molecule has 2 N–H and O–H groups in total. The minimum absolute atomic E-state index is 0.0717. The van der Waals surface area contributed by atoms with Crippen LogP contribution in [-0.4, -0.2) is 55.1 Å². The fourth-order valence-corrected chi connectivity index (χ4v) is 3.48. The van der Waals surface area contributed by atoms with Crippen molar-refractivity contribution in [1.29, 1.82) is 0 Å². The molecule has 0 aromatic rings. The van der Waals surface area contributed by atoms with E-state index in [4.69, 9.17) is 21.4 Å². The van der Waals surface area contributed by atoms with E-state index in [9.17, 15) is 13.2 Å². The Labute approximate surface area is 123 Å². The fourth-order valence-electron chi connectivity index (χ4n) is 1.83. The van der Waals surface area contributed by atoms with Gasteiger partial charge in [-0.25, -0.2) is 0 Å². The fraction of sp³-hybridized carbons (Fsp3) is 0.727. The van der Waals surface area contributed by atoms with Crippen LogP contribution in [-0.2, 0) is 19.7 Å². The van der Waals surface area contributed by atoms with Crippen LogP contribution in [0.25, 0.3) is 0 Å². The Morgan fingerprint density at radius 3 is 2.65 bits per heavy atom. The Morgan fingerprint density at radius 2 is 2.20 bits per heavy atom. The van der Waals surface area contributed by atoms with Crippen LogP contribution in [0.1, 0.15) is 20.3 Å². The summed E-state index contributed by atoms with van der Waals surface area (Å²) in [6.07, 6.45) is -0.177. The molecule has 0 aliphatic carbocycles. The number of halogens is 1. The highest BCUT2D eigenvalue weighted by atomic mass is 35.5. The molecule has 0 bridgehead atoms. The molecule has 1 fully saturated rings. The predicted molar refractivity (Wildman–Crippen MR) is 74.7 cm³/mol. The lowest BCUT2D eigenvalue weighted by Gasteiger charge is -2.37. The summed E-state index contributed by atoms with van der Waals surface area (Å²) in [6.45, 7) is 7.49. The van der Waals surface area contributed by atoms with Gasteiger partial charge in [-0.3, -0.25) is 4.79 Å². The molecule has 20 heavy (non-hydrogen) atoms. The van der Waals surface area contributed by atoms with Crippen molar-refractivity contribution < 1.29 is 23.1 Å². The van der Waals surface area contributed by atoms with Crippen LogP contribution in [0.4, 0.5) is 0 Å². The van der Waals surface area contributed by atoms with Crippen molar-refractivity contribution in [2.75, 3.05) is 19.7 Å². The number of hydrogen-bond donors (Lipinski definition) is 2. The van der Waals surface area contributed by atoms with E-state index in [0.717, 1.165) is 0 Å². The molecule has 0 saturated carbocycles. The minimum Gasteiger partial charge on any atom is -0.480 e. The summed E-state index contributed by atoms with van der Waals surface area (Å²) in [6, 6.07) is -1.34. The minimum atomic E-state index is -3.92. The van der Waals surface area contributed by atoms with Crippen molar-refractivity contribution in [3.8, 4) is 0 Å². The molecule has 1 aliphatic heterocycles. The van der Waals surface area contributed by atoms with Crippen molar-refractivity contribution in [2.45, 2.75) is 31.9 Å². The zero-order valence-corrected chi connectivity index (χ0v) is 13.0. The third kappa shape index (κ3) is 5.02. The van der Waals surface area contributed by atoms with Gasteiger partial charge in [-0.2, -0.15) is 17.4 Å². The molecule has 9 heteroatoms. The Bertz CT molecular complexity index is 491. The lowest BCUT2D eigenvalue weighted by molar-refractivity contribution is -0.138. The number of ether oxygens (including phenoxy) is 1. The maximum absolute atomic E-state index is 12.2. The van der Waals surface area contributed by atoms with Crippen LogP contribution in [0.15, 0.2) is 11.6 Å². The smallest absolute Gasteiger partial charge is 0.322 e. The van der Waals surface area contributed by atoms with Gasteiger partial charge in [0.15, 0.2) is 0 Å². The Kier molecular flexibility index (Phi) is 5.56. The molecule has 1 heterocycles. The summed E-state index contributed by atoms with van der Waals surface area (Å²) in [4.78, 5) is 11.1. The molecule has 0 spiro atoms. The van der Waals surface area contributed by atoms with Crippen molar-refractivity contribution in [2.24, 2.45) is 0 Å². The molecule has 1 atom stereocenters. The third-order valence-electron chi connectivity index (χ3n) is 2.75. The van der Waals surface area contributed by atoms with Crippen LogP contribution in [0.5, 0.6) is 0 Å². The van der Waals surface area contributed by atoms with E-state index in [0.29, 0.717) is 0 Å². The maximum Gasteiger partial charge on any atom is 0.322 e. The van der Waals surface area contributed by atoms with Crippen LogP contribution < -0.4 is 4.72 Å². The highest BCUT2D eigenvalue weighted by Crippen LogP contribution is 2.19. The number of rotatable bonds is 6. The molecule has 1 saturated heterocycles. The second kappa shape index (κ2) is 6.40. The normalized spacial score (nSPS) is 21.4. The summed E-state index contributed by atoms with van der Waals surface area (Å²) in [5.41, 5.74) is -0.609. The van der Waals surface area contributed by atoms with Gasteiger partial charge in [-0.15, -0.1) is 0 Å². The lowest BCUT2D eigenvalue weighted by atomic mass is 10.1. The number of carboxylic acid groups (broad SMARTS) is 1. The molecule has 0 radical (unpaired) electrons. The van der Waals surface area contributed by atoms with Gasteiger partial charge in [0.05, 0.1) is 12.2 Å². The monoisotopic (exact) mass is 326 g/mol. The van der Waals surface area contributed by atoms with E-state index in [-0.39, 0.29) is 31.1 Å². The summed E-state index contributed by atoms with van der Waals surface area (Å²) >= 11 is 5.55. The van der Waals surface area contributed by atoms with Crippen LogP contribution in [0.3, 0.4) is 0 Å². The van der Waals surface area contributed by atoms with Gasteiger partial charge < -0.3 is 9.84 Å². The van der Waals surface area contributed by atoms with Crippen molar-refractivity contribution in [1.82, 2.24) is 9.03 Å². The Hall–Kier alpha value is -0.670. The van der Waals surface area contributed by atoms with Crippen LogP contribution >= 0.6 is 11.6 Å². The summed E-state index contributed by atoms with van der Waals surface area (Å²) in [7, 11) is -3.92. The van der Waals surface area contributed by atoms with Gasteiger partial charge in [-0.1, -0.05) is 18.2 Å². The molecule has 7 nitrogen and oxygen atoms in total. The highest BCUT2D eigenvalue weighted by molar-refractivity contribution is 7.87. The number of hydrogen-bond acceptors (Lipinski definition) is 4. The standard InChI is InChI=1S/C11H19ClN2O5S/c1-8(12)6-9(10(15)16)13-20(17,18)14-4-5-19-11(2,3)7-14/h9,13H,1,4-7H2,2-3H3,(H,15,16). The Morgan fingerprint density at radius 1 is 1.60 bits per heavy atom.